The molecule has 8 N–H and O–H groups in total. The van der Waals surface area contributed by atoms with Crippen molar-refractivity contribution in [3.8, 4) is 0 Å². The Morgan fingerprint density at radius 3 is 1.58 bits per heavy atom. The SMILES string of the molecule is Nc1nc2c(ncn2COC[C@@H](Cl)CO)c(=O)[nH]1.Nc1nc2c(ncn2COC[C@H](Cl)CO)c(=O)[nH]1. The Morgan fingerprint density at radius 1 is 0.833 bits per heavy atom. The van der Waals surface area contributed by atoms with Crippen molar-refractivity contribution < 1.29 is 19.7 Å². The quantitative estimate of drug-likeness (QED) is 0.125. The van der Waals surface area contributed by atoms with Gasteiger partial charge in [0.15, 0.2) is 22.3 Å². The molecule has 0 bridgehead atoms. The molecule has 0 unspecified atom stereocenters. The molecule has 36 heavy (non-hydrogen) atoms. The summed E-state index contributed by atoms with van der Waals surface area (Å²) in [6.07, 6.45) is 2.85. The van der Waals surface area contributed by atoms with Crippen LogP contribution in [-0.4, -0.2) is 86.4 Å². The van der Waals surface area contributed by atoms with Crippen LogP contribution in [-0.2, 0) is 22.9 Å². The summed E-state index contributed by atoms with van der Waals surface area (Å²) in [5.41, 5.74) is 11.2. The number of nitrogens with zero attached hydrogens (tertiary/aromatic N) is 6. The van der Waals surface area contributed by atoms with Crippen molar-refractivity contribution in [3.05, 3.63) is 33.4 Å². The number of imidazole rings is 2. The summed E-state index contributed by atoms with van der Waals surface area (Å²) in [5.74, 6) is 0.0275. The van der Waals surface area contributed by atoms with Gasteiger partial charge in [0.25, 0.3) is 11.1 Å². The molecule has 0 aliphatic heterocycles. The third-order valence-electron chi connectivity index (χ3n) is 4.44. The number of aliphatic hydroxyl groups excluding tert-OH is 2. The van der Waals surface area contributed by atoms with Crippen molar-refractivity contribution in [3.63, 3.8) is 0 Å². The molecule has 4 rings (SSSR count). The van der Waals surface area contributed by atoms with Crippen molar-refractivity contribution in [1.82, 2.24) is 39.0 Å². The van der Waals surface area contributed by atoms with Crippen LogP contribution in [0.1, 0.15) is 0 Å². The summed E-state index contributed by atoms with van der Waals surface area (Å²) in [6, 6.07) is 0. The molecule has 0 saturated heterocycles. The highest BCUT2D eigenvalue weighted by Gasteiger charge is 2.11. The van der Waals surface area contributed by atoms with Crippen molar-refractivity contribution in [1.29, 1.82) is 0 Å². The first-order chi connectivity index (χ1) is 17.2. The average Bonchev–Trinajstić information content (AvgIpc) is 3.44. The summed E-state index contributed by atoms with van der Waals surface area (Å²) < 4.78 is 13.6. The second kappa shape index (κ2) is 12.6. The van der Waals surface area contributed by atoms with E-state index in [1.165, 1.54) is 21.8 Å². The molecule has 2 atom stereocenters. The number of nitrogens with one attached hydrogen (secondary N) is 2. The van der Waals surface area contributed by atoms with E-state index >= 15 is 0 Å². The van der Waals surface area contributed by atoms with Crippen LogP contribution in [0.3, 0.4) is 0 Å². The molecule has 16 nitrogen and oxygen atoms in total. The van der Waals surface area contributed by atoms with Gasteiger partial charge in [0, 0.05) is 0 Å². The first-order valence-electron chi connectivity index (χ1n) is 10.3. The fraction of sp³-hybridized carbons (Fsp3) is 0.444. The number of rotatable bonds is 10. The molecule has 4 aromatic heterocycles. The lowest BCUT2D eigenvalue weighted by Gasteiger charge is -2.08. The summed E-state index contributed by atoms with van der Waals surface area (Å²) in [6.45, 7) is 0.256. The van der Waals surface area contributed by atoms with Crippen LogP contribution in [0.5, 0.6) is 0 Å². The lowest BCUT2D eigenvalue weighted by molar-refractivity contribution is 0.0698. The lowest BCUT2D eigenvalue weighted by atomic mass is 10.5. The highest BCUT2D eigenvalue weighted by molar-refractivity contribution is 6.21. The minimum absolute atomic E-state index is 0.0137. The number of nitrogens with two attached hydrogens (primary N) is 2. The van der Waals surface area contributed by atoms with Gasteiger partial charge in [-0.1, -0.05) is 0 Å². The number of fused-ring (bicyclic) bond motifs is 2. The number of anilines is 2. The van der Waals surface area contributed by atoms with Gasteiger partial charge in [-0.05, 0) is 0 Å². The summed E-state index contributed by atoms with van der Waals surface area (Å²) in [4.78, 5) is 43.5. The molecule has 0 amide bonds. The van der Waals surface area contributed by atoms with Crippen LogP contribution in [0.25, 0.3) is 22.3 Å². The zero-order valence-electron chi connectivity index (χ0n) is 18.7. The van der Waals surface area contributed by atoms with Gasteiger partial charge in [-0.25, -0.2) is 9.97 Å². The van der Waals surface area contributed by atoms with Gasteiger partial charge in [-0.2, -0.15) is 9.97 Å². The Balaban J connectivity index is 0.000000201. The number of aliphatic hydroxyl groups is 2. The maximum absolute atomic E-state index is 11.5. The number of halogens is 2. The number of ether oxygens (including phenoxy) is 2. The van der Waals surface area contributed by atoms with Crippen LogP contribution >= 0.6 is 23.2 Å². The number of aromatic amines is 2. The van der Waals surface area contributed by atoms with Crippen LogP contribution in [0.15, 0.2) is 22.2 Å². The first kappa shape index (κ1) is 27.3. The van der Waals surface area contributed by atoms with Gasteiger partial charge in [0.2, 0.25) is 11.9 Å². The number of hydrogen-bond acceptors (Lipinski definition) is 12. The molecule has 18 heteroatoms. The van der Waals surface area contributed by atoms with Crippen molar-refractivity contribution >= 4 is 57.4 Å². The first-order valence-corrected chi connectivity index (χ1v) is 11.2. The van der Waals surface area contributed by atoms with E-state index in [1.807, 2.05) is 0 Å². The highest BCUT2D eigenvalue weighted by Crippen LogP contribution is 2.08. The summed E-state index contributed by atoms with van der Waals surface area (Å²) in [5, 5.41) is 16.5. The fourth-order valence-electron chi connectivity index (χ4n) is 2.79. The monoisotopic (exact) mass is 546 g/mol. The topological polar surface area (TPSA) is 238 Å². The van der Waals surface area contributed by atoms with Crippen LogP contribution in [0.4, 0.5) is 11.9 Å². The van der Waals surface area contributed by atoms with Gasteiger partial charge in [0.05, 0.1) is 49.8 Å². The average molecular weight is 547 g/mol. The maximum atomic E-state index is 11.5. The van der Waals surface area contributed by atoms with Crippen molar-refractivity contribution in [2.24, 2.45) is 0 Å². The molecule has 0 radical (unpaired) electrons. The minimum atomic E-state index is -0.471. The molecule has 0 aromatic carbocycles. The van der Waals surface area contributed by atoms with E-state index in [0.717, 1.165) is 0 Å². The van der Waals surface area contributed by atoms with E-state index in [0.29, 0.717) is 11.3 Å². The molecule has 0 spiro atoms. The van der Waals surface area contributed by atoms with E-state index in [2.05, 4.69) is 29.9 Å². The van der Waals surface area contributed by atoms with Crippen LogP contribution in [0, 0.1) is 0 Å². The number of alkyl halides is 2. The number of hydrogen-bond donors (Lipinski definition) is 6. The molecule has 4 aromatic rings. The molecule has 0 aliphatic carbocycles. The molecule has 4 heterocycles. The Kier molecular flexibility index (Phi) is 9.57. The Bertz CT molecular complexity index is 1300. The van der Waals surface area contributed by atoms with Crippen molar-refractivity contribution in [2.75, 3.05) is 37.9 Å². The zero-order valence-corrected chi connectivity index (χ0v) is 20.2. The highest BCUT2D eigenvalue weighted by atomic mass is 35.5. The lowest BCUT2D eigenvalue weighted by Crippen LogP contribution is -2.16. The third kappa shape index (κ3) is 6.90. The van der Waals surface area contributed by atoms with E-state index in [9.17, 15) is 9.59 Å². The van der Waals surface area contributed by atoms with E-state index in [4.69, 9.17) is 54.4 Å². The standard InChI is InChI=1S/2C9H12ClN5O3/c2*10-5(1-16)2-18-4-15-3-12-6-7(15)13-9(11)14-8(6)17/h2*3,5,16H,1-2,4H2,(H3,11,13,14,17)/t2*5-/m10/s1. The van der Waals surface area contributed by atoms with E-state index < -0.39 is 21.9 Å². The Hall–Kier alpha value is -3.28. The number of H-pyrrole nitrogens is 2. The molecule has 0 fully saturated rings. The Morgan fingerprint density at radius 2 is 1.22 bits per heavy atom. The number of aromatic nitrogens is 8. The van der Waals surface area contributed by atoms with E-state index in [1.54, 1.807) is 0 Å². The molecule has 0 saturated carbocycles. The van der Waals surface area contributed by atoms with Gasteiger partial charge in [-0.3, -0.25) is 28.7 Å². The predicted molar refractivity (Wildman–Crippen MR) is 130 cm³/mol. The smallest absolute Gasteiger partial charge is 0.280 e. The third-order valence-corrected chi connectivity index (χ3v) is 4.97. The Labute approximate surface area is 211 Å². The normalized spacial score (nSPS) is 13.0. The predicted octanol–water partition coefficient (Wildman–Crippen LogP) is -1.45. The van der Waals surface area contributed by atoms with Gasteiger partial charge >= 0.3 is 0 Å². The molecular weight excluding hydrogens is 523 g/mol. The summed E-state index contributed by atoms with van der Waals surface area (Å²) in [7, 11) is 0. The van der Waals surface area contributed by atoms with Gasteiger partial charge in [-0.15, -0.1) is 23.2 Å². The maximum Gasteiger partial charge on any atom is 0.280 e. The van der Waals surface area contributed by atoms with Crippen LogP contribution in [0.2, 0.25) is 0 Å². The summed E-state index contributed by atoms with van der Waals surface area (Å²) >= 11 is 11.4. The van der Waals surface area contributed by atoms with E-state index in [-0.39, 0.29) is 62.8 Å². The fourth-order valence-corrected chi connectivity index (χ4v) is 2.97. The molecular formula is C18H24Cl2N10O6. The molecule has 196 valence electrons. The van der Waals surface area contributed by atoms with Crippen molar-refractivity contribution in [2.45, 2.75) is 24.2 Å². The van der Waals surface area contributed by atoms with Gasteiger partial charge in [0.1, 0.15) is 13.5 Å². The second-order valence-electron chi connectivity index (χ2n) is 7.23. The molecule has 0 aliphatic rings. The van der Waals surface area contributed by atoms with Crippen LogP contribution < -0.4 is 22.6 Å². The second-order valence-corrected chi connectivity index (χ2v) is 8.47. The minimum Gasteiger partial charge on any atom is -0.395 e. The number of nitrogen functional groups attached to an aromatic ring is 2. The zero-order chi connectivity index (χ0) is 26.2. The van der Waals surface area contributed by atoms with Gasteiger partial charge < -0.3 is 31.2 Å². The largest absolute Gasteiger partial charge is 0.395 e.